The van der Waals surface area contributed by atoms with Crippen molar-refractivity contribution in [2.45, 2.75) is 51.7 Å². The van der Waals surface area contributed by atoms with Crippen LogP contribution in [-0.4, -0.2) is 24.8 Å². The zero-order valence-corrected chi connectivity index (χ0v) is 13.0. The fourth-order valence-electron chi connectivity index (χ4n) is 2.69. The number of halogens is 3. The number of aryl methyl sites for hydroxylation is 1. The first kappa shape index (κ1) is 17.8. The van der Waals surface area contributed by atoms with Crippen LogP contribution in [0.1, 0.15) is 38.7 Å². The zero-order chi connectivity index (χ0) is 16.1. The average Bonchev–Trinajstić information content (AvgIpc) is 2.38. The SMILES string of the molecule is CCN(c1cccc(C)c1)C(C)(CN)CCCC(F)(F)F. The Balaban J connectivity index is 2.87. The fraction of sp³-hybridized carbons (Fsp3) is 0.625. The number of nitrogens with two attached hydrogens (primary N) is 1. The van der Waals surface area contributed by atoms with Gasteiger partial charge in [-0.3, -0.25) is 0 Å². The van der Waals surface area contributed by atoms with Gasteiger partial charge < -0.3 is 10.6 Å². The molecule has 0 saturated heterocycles. The predicted molar refractivity (Wildman–Crippen MR) is 81.6 cm³/mol. The number of hydrogen-bond acceptors (Lipinski definition) is 2. The molecule has 0 aliphatic carbocycles. The lowest BCUT2D eigenvalue weighted by Gasteiger charge is -2.42. The molecule has 0 amide bonds. The van der Waals surface area contributed by atoms with E-state index in [1.54, 1.807) is 0 Å². The lowest BCUT2D eigenvalue weighted by atomic mass is 9.91. The molecule has 0 spiro atoms. The van der Waals surface area contributed by atoms with Gasteiger partial charge >= 0.3 is 6.18 Å². The monoisotopic (exact) mass is 302 g/mol. The summed E-state index contributed by atoms with van der Waals surface area (Å²) < 4.78 is 37.0. The van der Waals surface area contributed by atoms with Crippen molar-refractivity contribution in [1.82, 2.24) is 0 Å². The highest BCUT2D eigenvalue weighted by molar-refractivity contribution is 5.50. The van der Waals surface area contributed by atoms with Crippen LogP contribution in [-0.2, 0) is 0 Å². The van der Waals surface area contributed by atoms with Crippen molar-refractivity contribution in [3.63, 3.8) is 0 Å². The summed E-state index contributed by atoms with van der Waals surface area (Å²) in [5.41, 5.74) is 7.56. The molecule has 0 radical (unpaired) electrons. The number of nitrogens with zero attached hydrogens (tertiary/aromatic N) is 1. The van der Waals surface area contributed by atoms with Crippen LogP contribution < -0.4 is 10.6 Å². The highest BCUT2D eigenvalue weighted by Crippen LogP contribution is 2.30. The minimum absolute atomic E-state index is 0.0967. The van der Waals surface area contributed by atoms with Gasteiger partial charge in [-0.15, -0.1) is 0 Å². The molecule has 0 bridgehead atoms. The first-order valence-electron chi connectivity index (χ1n) is 7.33. The predicted octanol–water partition coefficient (Wildman–Crippen LogP) is 4.27. The Labute approximate surface area is 125 Å². The molecule has 0 aromatic heterocycles. The smallest absolute Gasteiger partial charge is 0.365 e. The second-order valence-corrected chi connectivity index (χ2v) is 5.75. The molecule has 1 unspecified atom stereocenters. The van der Waals surface area contributed by atoms with Gasteiger partial charge in [0.2, 0.25) is 0 Å². The van der Waals surface area contributed by atoms with Gasteiger partial charge in [-0.2, -0.15) is 13.2 Å². The molecule has 1 rings (SSSR count). The third-order valence-corrected chi connectivity index (χ3v) is 3.90. The van der Waals surface area contributed by atoms with Crippen molar-refractivity contribution >= 4 is 5.69 Å². The van der Waals surface area contributed by atoms with Crippen molar-refractivity contribution in [2.75, 3.05) is 18.0 Å². The Morgan fingerprint density at radius 2 is 1.86 bits per heavy atom. The van der Waals surface area contributed by atoms with E-state index in [4.69, 9.17) is 5.73 Å². The molecule has 0 fully saturated rings. The van der Waals surface area contributed by atoms with E-state index in [2.05, 4.69) is 4.90 Å². The van der Waals surface area contributed by atoms with Crippen molar-refractivity contribution < 1.29 is 13.2 Å². The lowest BCUT2D eigenvalue weighted by molar-refractivity contribution is -0.136. The van der Waals surface area contributed by atoms with Crippen molar-refractivity contribution in [3.05, 3.63) is 29.8 Å². The van der Waals surface area contributed by atoms with E-state index in [0.717, 1.165) is 11.3 Å². The van der Waals surface area contributed by atoms with Crippen LogP contribution in [0.2, 0.25) is 0 Å². The van der Waals surface area contributed by atoms with Crippen LogP contribution in [0.25, 0.3) is 0 Å². The van der Waals surface area contributed by atoms with Gasteiger partial charge in [0, 0.05) is 30.7 Å². The summed E-state index contributed by atoms with van der Waals surface area (Å²) in [6.45, 7) is 6.98. The maximum Gasteiger partial charge on any atom is 0.389 e. The minimum atomic E-state index is -4.10. The second-order valence-electron chi connectivity index (χ2n) is 5.75. The fourth-order valence-corrected chi connectivity index (χ4v) is 2.69. The van der Waals surface area contributed by atoms with Gasteiger partial charge in [0.25, 0.3) is 0 Å². The number of anilines is 1. The van der Waals surface area contributed by atoms with E-state index >= 15 is 0 Å². The molecule has 1 atom stereocenters. The summed E-state index contributed by atoms with van der Waals surface area (Å²) in [5.74, 6) is 0. The first-order valence-corrected chi connectivity index (χ1v) is 7.33. The van der Waals surface area contributed by atoms with Crippen LogP contribution in [0.3, 0.4) is 0 Å². The van der Waals surface area contributed by atoms with E-state index in [1.807, 2.05) is 45.0 Å². The molecule has 2 N–H and O–H groups in total. The largest absolute Gasteiger partial charge is 0.389 e. The first-order chi connectivity index (χ1) is 9.72. The van der Waals surface area contributed by atoms with Gasteiger partial charge in [0.1, 0.15) is 0 Å². The molecule has 5 heteroatoms. The van der Waals surface area contributed by atoms with Crippen LogP contribution in [0.5, 0.6) is 0 Å². The molecule has 0 aliphatic rings. The van der Waals surface area contributed by atoms with Crippen molar-refractivity contribution in [1.29, 1.82) is 0 Å². The van der Waals surface area contributed by atoms with Crippen molar-refractivity contribution in [2.24, 2.45) is 5.73 Å². The van der Waals surface area contributed by atoms with Gasteiger partial charge in [0.05, 0.1) is 0 Å². The molecule has 0 heterocycles. The highest BCUT2D eigenvalue weighted by atomic mass is 19.4. The van der Waals surface area contributed by atoms with Crippen LogP contribution >= 0.6 is 0 Å². The summed E-state index contributed by atoms with van der Waals surface area (Å²) in [6, 6.07) is 7.98. The Morgan fingerprint density at radius 1 is 1.19 bits per heavy atom. The summed E-state index contributed by atoms with van der Waals surface area (Å²) in [5, 5.41) is 0. The van der Waals surface area contributed by atoms with E-state index < -0.39 is 18.1 Å². The van der Waals surface area contributed by atoms with Crippen LogP contribution in [0.4, 0.5) is 18.9 Å². The van der Waals surface area contributed by atoms with Crippen LogP contribution in [0.15, 0.2) is 24.3 Å². The molecule has 2 nitrogen and oxygen atoms in total. The summed E-state index contributed by atoms with van der Waals surface area (Å²) >= 11 is 0. The topological polar surface area (TPSA) is 29.3 Å². The highest BCUT2D eigenvalue weighted by Gasteiger charge is 2.32. The summed E-state index contributed by atoms with van der Waals surface area (Å²) in [6.07, 6.45) is -4.34. The normalized spacial score (nSPS) is 14.8. The Kier molecular flexibility index (Phi) is 6.08. The number of rotatable bonds is 7. The Hall–Kier alpha value is -1.23. The molecule has 0 saturated carbocycles. The quantitative estimate of drug-likeness (QED) is 0.815. The van der Waals surface area contributed by atoms with E-state index in [9.17, 15) is 13.2 Å². The zero-order valence-electron chi connectivity index (χ0n) is 13.0. The van der Waals surface area contributed by atoms with E-state index in [-0.39, 0.29) is 6.42 Å². The molecule has 120 valence electrons. The van der Waals surface area contributed by atoms with Gasteiger partial charge in [0.15, 0.2) is 0 Å². The molecular weight excluding hydrogens is 277 g/mol. The Bertz CT molecular complexity index is 445. The number of alkyl halides is 3. The van der Waals surface area contributed by atoms with E-state index in [0.29, 0.717) is 19.5 Å². The lowest BCUT2D eigenvalue weighted by Crippen LogP contribution is -2.52. The third-order valence-electron chi connectivity index (χ3n) is 3.90. The van der Waals surface area contributed by atoms with Gasteiger partial charge in [-0.25, -0.2) is 0 Å². The van der Waals surface area contributed by atoms with E-state index in [1.165, 1.54) is 0 Å². The standard InChI is InChI=1S/C16H25F3N2/c1-4-21(14-8-5-7-13(2)11-14)15(3,12-20)9-6-10-16(17,18)19/h5,7-8,11H,4,6,9-10,12,20H2,1-3H3. The second kappa shape index (κ2) is 7.16. The minimum Gasteiger partial charge on any atom is -0.365 e. The summed E-state index contributed by atoms with van der Waals surface area (Å²) in [4.78, 5) is 2.11. The number of hydrogen-bond donors (Lipinski definition) is 1. The molecule has 1 aromatic rings. The van der Waals surface area contributed by atoms with Crippen molar-refractivity contribution in [3.8, 4) is 0 Å². The Morgan fingerprint density at radius 3 is 2.33 bits per heavy atom. The molecule has 21 heavy (non-hydrogen) atoms. The number of likely N-dealkylation sites (N-methyl/N-ethyl adjacent to an activating group) is 1. The molecule has 1 aromatic carbocycles. The summed E-state index contributed by atoms with van der Waals surface area (Å²) in [7, 11) is 0. The maximum atomic E-state index is 12.3. The number of benzene rings is 1. The van der Waals surface area contributed by atoms with Gasteiger partial charge in [-0.1, -0.05) is 12.1 Å². The molecular formula is C16H25F3N2. The maximum absolute atomic E-state index is 12.3. The van der Waals surface area contributed by atoms with Gasteiger partial charge in [-0.05, 0) is 51.3 Å². The third kappa shape index (κ3) is 5.23. The van der Waals surface area contributed by atoms with Crippen LogP contribution in [0, 0.1) is 6.92 Å². The average molecular weight is 302 g/mol. The molecule has 0 aliphatic heterocycles.